The number of hydrogen-bond acceptors (Lipinski definition) is 3. The van der Waals surface area contributed by atoms with Gasteiger partial charge in [-0.15, -0.1) is 11.3 Å². The van der Waals surface area contributed by atoms with Crippen LogP contribution in [0.1, 0.15) is 31.6 Å². The van der Waals surface area contributed by atoms with Crippen LogP contribution in [0.2, 0.25) is 0 Å². The quantitative estimate of drug-likeness (QED) is 0.783. The van der Waals surface area contributed by atoms with Gasteiger partial charge in [0, 0.05) is 11.4 Å². The molecular weight excluding hydrogens is 264 g/mol. The lowest BCUT2D eigenvalue weighted by molar-refractivity contribution is -0.133. The highest BCUT2D eigenvalue weighted by atomic mass is 32.1. The summed E-state index contributed by atoms with van der Waals surface area (Å²) in [4.78, 5) is 15.7. The number of nitrogens with two attached hydrogens (primary N) is 1. The van der Waals surface area contributed by atoms with Gasteiger partial charge in [-0.25, -0.2) is 0 Å². The lowest BCUT2D eigenvalue weighted by Crippen LogP contribution is -2.40. The van der Waals surface area contributed by atoms with Crippen LogP contribution in [0.3, 0.4) is 0 Å². The number of thiocarbonyl (C=S) groups is 1. The topological polar surface area (TPSA) is 46.3 Å². The molecule has 0 saturated carbocycles. The van der Waals surface area contributed by atoms with Gasteiger partial charge >= 0.3 is 0 Å². The zero-order valence-corrected chi connectivity index (χ0v) is 12.5. The van der Waals surface area contributed by atoms with Crippen molar-refractivity contribution < 1.29 is 4.79 Å². The average molecular weight is 284 g/mol. The van der Waals surface area contributed by atoms with Gasteiger partial charge in [-0.2, -0.15) is 0 Å². The molecule has 1 atom stereocenters. The number of amides is 1. The second kappa shape index (κ2) is 7.48. The first-order valence-corrected chi connectivity index (χ1v) is 7.49. The Morgan fingerprint density at radius 1 is 1.56 bits per heavy atom. The van der Waals surface area contributed by atoms with Crippen LogP contribution in [0.25, 0.3) is 0 Å². The number of thiophene rings is 1. The van der Waals surface area contributed by atoms with Gasteiger partial charge in [0.05, 0.1) is 17.5 Å². The zero-order chi connectivity index (χ0) is 13.5. The number of hydrogen-bond donors (Lipinski definition) is 1. The molecule has 100 valence electrons. The first kappa shape index (κ1) is 15.1. The standard InChI is InChI=1S/C13H20N2OS2/c1-3-6-11(12(14)17)13(16)15(4-2)9-10-7-5-8-18-10/h5,7-8,11H,3-4,6,9H2,1-2H3,(H2,14,17). The summed E-state index contributed by atoms with van der Waals surface area (Å²) in [5.41, 5.74) is 5.68. The minimum Gasteiger partial charge on any atom is -0.393 e. The van der Waals surface area contributed by atoms with Crippen molar-refractivity contribution >= 4 is 34.5 Å². The highest BCUT2D eigenvalue weighted by Crippen LogP contribution is 2.16. The van der Waals surface area contributed by atoms with E-state index in [4.69, 9.17) is 18.0 Å². The van der Waals surface area contributed by atoms with Crippen LogP contribution in [0.15, 0.2) is 17.5 Å². The van der Waals surface area contributed by atoms with Crippen LogP contribution in [-0.4, -0.2) is 22.3 Å². The SMILES string of the molecule is CCCC(C(=O)N(CC)Cc1cccs1)C(N)=S. The Morgan fingerprint density at radius 2 is 2.28 bits per heavy atom. The average Bonchev–Trinajstić information content (AvgIpc) is 2.84. The van der Waals surface area contributed by atoms with Crippen LogP contribution in [0.4, 0.5) is 0 Å². The number of carbonyl (C=O) groups excluding carboxylic acids is 1. The van der Waals surface area contributed by atoms with Crippen molar-refractivity contribution in [3.63, 3.8) is 0 Å². The van der Waals surface area contributed by atoms with Crippen molar-refractivity contribution in [1.82, 2.24) is 4.90 Å². The Labute approximate surface area is 118 Å². The van der Waals surface area contributed by atoms with Crippen molar-refractivity contribution in [3.05, 3.63) is 22.4 Å². The second-order valence-electron chi connectivity index (χ2n) is 4.18. The number of carbonyl (C=O) groups is 1. The Morgan fingerprint density at radius 3 is 2.72 bits per heavy atom. The molecule has 1 rings (SSSR count). The zero-order valence-electron chi connectivity index (χ0n) is 10.9. The lowest BCUT2D eigenvalue weighted by Gasteiger charge is -2.25. The number of rotatable bonds is 7. The Balaban J connectivity index is 2.73. The van der Waals surface area contributed by atoms with Gasteiger partial charge in [-0.05, 0) is 24.8 Å². The molecule has 0 aliphatic rings. The molecule has 1 aromatic heterocycles. The second-order valence-corrected chi connectivity index (χ2v) is 5.68. The van der Waals surface area contributed by atoms with Crippen LogP contribution in [-0.2, 0) is 11.3 Å². The molecule has 0 spiro atoms. The van der Waals surface area contributed by atoms with E-state index in [0.29, 0.717) is 18.1 Å². The van der Waals surface area contributed by atoms with Crippen molar-refractivity contribution in [2.24, 2.45) is 11.7 Å². The maximum absolute atomic E-state index is 12.4. The minimum absolute atomic E-state index is 0.0558. The first-order valence-electron chi connectivity index (χ1n) is 6.20. The van der Waals surface area contributed by atoms with Crippen LogP contribution in [0.5, 0.6) is 0 Å². The molecule has 0 radical (unpaired) electrons. The van der Waals surface area contributed by atoms with Crippen molar-refractivity contribution in [2.75, 3.05) is 6.54 Å². The summed E-state index contributed by atoms with van der Waals surface area (Å²) in [5, 5.41) is 2.02. The fourth-order valence-electron chi connectivity index (χ4n) is 1.83. The third-order valence-electron chi connectivity index (χ3n) is 2.84. The summed E-state index contributed by atoms with van der Waals surface area (Å²) in [6.07, 6.45) is 1.64. The summed E-state index contributed by atoms with van der Waals surface area (Å²) >= 11 is 6.67. The van der Waals surface area contributed by atoms with E-state index in [9.17, 15) is 4.79 Å². The molecular formula is C13H20N2OS2. The third-order valence-corrected chi connectivity index (χ3v) is 3.98. The molecule has 1 aromatic rings. The molecule has 3 nitrogen and oxygen atoms in total. The summed E-state index contributed by atoms with van der Waals surface area (Å²) < 4.78 is 0. The molecule has 0 saturated heterocycles. The van der Waals surface area contributed by atoms with Gasteiger partial charge in [-0.1, -0.05) is 31.6 Å². The molecule has 18 heavy (non-hydrogen) atoms. The van der Waals surface area contributed by atoms with E-state index in [1.54, 1.807) is 11.3 Å². The molecule has 5 heteroatoms. The lowest BCUT2D eigenvalue weighted by atomic mass is 10.0. The maximum atomic E-state index is 12.4. The fraction of sp³-hybridized carbons (Fsp3) is 0.538. The van der Waals surface area contributed by atoms with Crippen molar-refractivity contribution in [1.29, 1.82) is 0 Å². The molecule has 2 N–H and O–H groups in total. The van der Waals surface area contributed by atoms with E-state index in [2.05, 4.69) is 0 Å². The van der Waals surface area contributed by atoms with Gasteiger partial charge in [0.25, 0.3) is 0 Å². The van der Waals surface area contributed by atoms with Gasteiger partial charge in [0.2, 0.25) is 5.91 Å². The summed E-state index contributed by atoms with van der Waals surface area (Å²) in [5.74, 6) is -0.259. The molecule has 0 fully saturated rings. The van der Waals surface area contributed by atoms with Crippen LogP contribution >= 0.6 is 23.6 Å². The van der Waals surface area contributed by atoms with Crippen molar-refractivity contribution in [2.45, 2.75) is 33.2 Å². The molecule has 1 unspecified atom stereocenters. The fourth-order valence-corrected chi connectivity index (χ4v) is 2.77. The predicted molar refractivity (Wildman–Crippen MR) is 80.6 cm³/mol. The van der Waals surface area contributed by atoms with E-state index in [1.807, 2.05) is 36.3 Å². The monoisotopic (exact) mass is 284 g/mol. The smallest absolute Gasteiger partial charge is 0.232 e. The maximum Gasteiger partial charge on any atom is 0.232 e. The Bertz CT molecular complexity index is 390. The van der Waals surface area contributed by atoms with Gasteiger partial charge in [0.15, 0.2) is 0 Å². The Kier molecular flexibility index (Phi) is 6.29. The predicted octanol–water partition coefficient (Wildman–Crippen LogP) is 2.80. The van der Waals surface area contributed by atoms with Crippen LogP contribution < -0.4 is 5.73 Å². The minimum atomic E-state index is -0.315. The van der Waals surface area contributed by atoms with E-state index in [-0.39, 0.29) is 11.8 Å². The summed E-state index contributed by atoms with van der Waals surface area (Å²) in [6.45, 7) is 5.34. The van der Waals surface area contributed by atoms with E-state index in [1.165, 1.54) is 4.88 Å². The summed E-state index contributed by atoms with van der Waals surface area (Å²) in [7, 11) is 0. The summed E-state index contributed by atoms with van der Waals surface area (Å²) in [6, 6.07) is 4.03. The normalized spacial score (nSPS) is 12.1. The molecule has 1 amide bonds. The molecule has 1 heterocycles. The van der Waals surface area contributed by atoms with E-state index in [0.717, 1.165) is 12.8 Å². The molecule has 0 bridgehead atoms. The van der Waals surface area contributed by atoms with Gasteiger partial charge < -0.3 is 10.6 Å². The highest BCUT2D eigenvalue weighted by Gasteiger charge is 2.25. The molecule has 0 aliphatic heterocycles. The van der Waals surface area contributed by atoms with E-state index >= 15 is 0 Å². The Hall–Kier alpha value is -0.940. The van der Waals surface area contributed by atoms with Gasteiger partial charge in [-0.3, -0.25) is 4.79 Å². The number of nitrogens with zero attached hydrogens (tertiary/aromatic N) is 1. The highest BCUT2D eigenvalue weighted by molar-refractivity contribution is 7.80. The molecule has 0 aliphatic carbocycles. The third kappa shape index (κ3) is 4.07. The van der Waals surface area contributed by atoms with Crippen LogP contribution in [0, 0.1) is 5.92 Å². The first-order chi connectivity index (χ1) is 8.60. The van der Waals surface area contributed by atoms with Gasteiger partial charge in [0.1, 0.15) is 0 Å². The van der Waals surface area contributed by atoms with Crippen molar-refractivity contribution in [3.8, 4) is 0 Å². The molecule has 0 aromatic carbocycles. The van der Waals surface area contributed by atoms with E-state index < -0.39 is 0 Å². The largest absolute Gasteiger partial charge is 0.393 e.